The van der Waals surface area contributed by atoms with E-state index < -0.39 is 6.10 Å². The standard InChI is InChI=1S/C20H27NO3/c1-13-9-10-16-15(12-13)6-5-11-21(16)20(22)19-14(2)23-17-7-3-4-8-18(17)24-19/h3-4,7-8,13-16,19H,5-6,9-12H2,1-2H3/t13-,14+,15-,16-,19-/m1/s1. The summed E-state index contributed by atoms with van der Waals surface area (Å²) in [7, 11) is 0. The number of hydrogen-bond donors (Lipinski definition) is 0. The molecule has 1 saturated heterocycles. The number of benzene rings is 1. The van der Waals surface area contributed by atoms with Crippen molar-refractivity contribution in [3.8, 4) is 11.5 Å². The summed E-state index contributed by atoms with van der Waals surface area (Å²) in [6, 6.07) is 8.01. The summed E-state index contributed by atoms with van der Waals surface area (Å²) < 4.78 is 12.0. The van der Waals surface area contributed by atoms with Gasteiger partial charge in [0.1, 0.15) is 6.10 Å². The molecule has 1 aliphatic carbocycles. The second-order valence-corrected chi connectivity index (χ2v) is 7.73. The van der Waals surface area contributed by atoms with E-state index in [0.29, 0.717) is 17.7 Å². The topological polar surface area (TPSA) is 38.8 Å². The Balaban J connectivity index is 1.53. The van der Waals surface area contributed by atoms with Crippen LogP contribution in [0, 0.1) is 11.8 Å². The average molecular weight is 329 g/mol. The van der Waals surface area contributed by atoms with Gasteiger partial charge in [-0.05, 0) is 63.0 Å². The van der Waals surface area contributed by atoms with Crippen molar-refractivity contribution in [2.24, 2.45) is 11.8 Å². The second-order valence-electron chi connectivity index (χ2n) is 7.73. The lowest BCUT2D eigenvalue weighted by molar-refractivity contribution is -0.151. The van der Waals surface area contributed by atoms with Crippen LogP contribution in [0.5, 0.6) is 11.5 Å². The van der Waals surface area contributed by atoms with Gasteiger partial charge in [-0.1, -0.05) is 19.1 Å². The molecular weight excluding hydrogens is 302 g/mol. The zero-order valence-corrected chi connectivity index (χ0v) is 14.6. The largest absolute Gasteiger partial charge is 0.482 e. The van der Waals surface area contributed by atoms with Gasteiger partial charge < -0.3 is 14.4 Å². The van der Waals surface area contributed by atoms with Crippen LogP contribution < -0.4 is 9.47 Å². The first-order chi connectivity index (χ1) is 11.6. The van der Waals surface area contributed by atoms with E-state index in [1.54, 1.807) is 0 Å². The van der Waals surface area contributed by atoms with E-state index >= 15 is 0 Å². The highest BCUT2D eigenvalue weighted by atomic mass is 16.6. The van der Waals surface area contributed by atoms with Crippen molar-refractivity contribution >= 4 is 5.91 Å². The molecule has 4 rings (SSSR count). The lowest BCUT2D eigenvalue weighted by atomic mass is 9.74. The summed E-state index contributed by atoms with van der Waals surface area (Å²) >= 11 is 0. The van der Waals surface area contributed by atoms with Crippen molar-refractivity contribution in [2.45, 2.75) is 64.2 Å². The predicted octanol–water partition coefficient (Wildman–Crippen LogP) is 3.64. The summed E-state index contributed by atoms with van der Waals surface area (Å²) in [5.74, 6) is 2.98. The fraction of sp³-hybridized carbons (Fsp3) is 0.650. The first-order valence-corrected chi connectivity index (χ1v) is 9.36. The number of nitrogens with zero attached hydrogens (tertiary/aromatic N) is 1. The molecule has 1 saturated carbocycles. The van der Waals surface area contributed by atoms with E-state index in [9.17, 15) is 4.79 Å². The highest BCUT2D eigenvalue weighted by Crippen LogP contribution is 2.39. The molecule has 4 heteroatoms. The molecule has 3 aliphatic rings. The number of fused-ring (bicyclic) bond motifs is 2. The number of rotatable bonds is 1. The summed E-state index contributed by atoms with van der Waals surface area (Å²) in [6.07, 6.45) is 5.21. The smallest absolute Gasteiger partial charge is 0.267 e. The predicted molar refractivity (Wildman–Crippen MR) is 92.2 cm³/mol. The molecule has 2 fully saturated rings. The summed E-state index contributed by atoms with van der Waals surface area (Å²) in [4.78, 5) is 15.3. The zero-order chi connectivity index (χ0) is 16.7. The van der Waals surface area contributed by atoms with Gasteiger partial charge in [0.05, 0.1) is 0 Å². The Hall–Kier alpha value is -1.71. The number of carbonyl (C=O) groups is 1. The molecule has 5 atom stereocenters. The van der Waals surface area contributed by atoms with Crippen molar-refractivity contribution < 1.29 is 14.3 Å². The van der Waals surface area contributed by atoms with Crippen LogP contribution in [-0.2, 0) is 4.79 Å². The lowest BCUT2D eigenvalue weighted by Crippen LogP contribution is -2.57. The molecule has 1 aromatic rings. The number of ether oxygens (including phenoxy) is 2. The molecule has 24 heavy (non-hydrogen) atoms. The molecule has 1 aromatic carbocycles. The monoisotopic (exact) mass is 329 g/mol. The fourth-order valence-electron chi connectivity index (χ4n) is 4.72. The number of amides is 1. The van der Waals surface area contributed by atoms with Crippen LogP contribution in [0.25, 0.3) is 0 Å². The van der Waals surface area contributed by atoms with Crippen LogP contribution in [0.1, 0.15) is 46.0 Å². The first-order valence-electron chi connectivity index (χ1n) is 9.36. The van der Waals surface area contributed by atoms with Crippen molar-refractivity contribution in [1.82, 2.24) is 4.90 Å². The maximum absolute atomic E-state index is 13.2. The minimum atomic E-state index is -0.530. The van der Waals surface area contributed by atoms with Crippen molar-refractivity contribution in [3.05, 3.63) is 24.3 Å². The van der Waals surface area contributed by atoms with E-state index in [4.69, 9.17) is 9.47 Å². The number of carbonyl (C=O) groups excluding carboxylic acids is 1. The Kier molecular flexibility index (Phi) is 4.15. The molecule has 0 unspecified atom stereocenters. The van der Waals surface area contributed by atoms with Gasteiger partial charge >= 0.3 is 0 Å². The van der Waals surface area contributed by atoms with Gasteiger partial charge in [-0.3, -0.25) is 4.79 Å². The molecule has 0 spiro atoms. The maximum atomic E-state index is 13.2. The average Bonchev–Trinajstić information content (AvgIpc) is 2.59. The van der Waals surface area contributed by atoms with Gasteiger partial charge in [0.15, 0.2) is 11.5 Å². The summed E-state index contributed by atoms with van der Waals surface area (Å²) in [6.45, 7) is 5.14. The van der Waals surface area contributed by atoms with Gasteiger partial charge in [-0.15, -0.1) is 0 Å². The molecule has 1 amide bonds. The van der Waals surface area contributed by atoms with Crippen LogP contribution in [0.2, 0.25) is 0 Å². The van der Waals surface area contributed by atoms with Gasteiger partial charge in [-0.25, -0.2) is 0 Å². The minimum Gasteiger partial charge on any atom is -0.482 e. The quantitative estimate of drug-likeness (QED) is 0.789. The molecule has 0 bridgehead atoms. The van der Waals surface area contributed by atoms with Gasteiger partial charge in [0.25, 0.3) is 5.91 Å². The maximum Gasteiger partial charge on any atom is 0.267 e. The second kappa shape index (κ2) is 6.30. The number of likely N-dealkylation sites (tertiary alicyclic amines) is 1. The number of piperidine rings is 1. The van der Waals surface area contributed by atoms with Gasteiger partial charge in [-0.2, -0.15) is 0 Å². The van der Waals surface area contributed by atoms with Crippen molar-refractivity contribution in [2.75, 3.05) is 6.54 Å². The van der Waals surface area contributed by atoms with Crippen LogP contribution in [0.15, 0.2) is 24.3 Å². The van der Waals surface area contributed by atoms with Crippen LogP contribution in [-0.4, -0.2) is 35.6 Å². The molecular formula is C20H27NO3. The summed E-state index contributed by atoms with van der Waals surface area (Å²) in [5.41, 5.74) is 0. The minimum absolute atomic E-state index is 0.112. The molecule has 0 radical (unpaired) electrons. The third-order valence-electron chi connectivity index (χ3n) is 5.95. The lowest BCUT2D eigenvalue weighted by Gasteiger charge is -2.47. The van der Waals surface area contributed by atoms with E-state index in [0.717, 1.165) is 31.1 Å². The third-order valence-corrected chi connectivity index (χ3v) is 5.95. The highest BCUT2D eigenvalue weighted by Gasteiger charge is 2.43. The Bertz CT molecular complexity index is 617. The number of para-hydroxylation sites is 2. The van der Waals surface area contributed by atoms with Crippen LogP contribution in [0.3, 0.4) is 0 Å². The molecule has 2 heterocycles. The Labute approximate surface area is 144 Å². The molecule has 2 aliphatic heterocycles. The van der Waals surface area contributed by atoms with E-state index in [2.05, 4.69) is 11.8 Å². The first kappa shape index (κ1) is 15.8. The normalized spacial score (nSPS) is 35.2. The van der Waals surface area contributed by atoms with E-state index in [-0.39, 0.29) is 12.0 Å². The van der Waals surface area contributed by atoms with Crippen LogP contribution in [0.4, 0.5) is 0 Å². The Morgan fingerprint density at radius 1 is 1.08 bits per heavy atom. The van der Waals surface area contributed by atoms with Crippen molar-refractivity contribution in [1.29, 1.82) is 0 Å². The van der Waals surface area contributed by atoms with Gasteiger partial charge in [0.2, 0.25) is 6.10 Å². The van der Waals surface area contributed by atoms with Crippen molar-refractivity contribution in [3.63, 3.8) is 0 Å². The summed E-state index contributed by atoms with van der Waals surface area (Å²) in [5, 5.41) is 0. The zero-order valence-electron chi connectivity index (χ0n) is 14.6. The fourth-order valence-corrected chi connectivity index (χ4v) is 4.72. The molecule has 0 N–H and O–H groups in total. The Morgan fingerprint density at radius 3 is 2.62 bits per heavy atom. The molecule has 4 nitrogen and oxygen atoms in total. The highest BCUT2D eigenvalue weighted by molar-refractivity contribution is 5.83. The van der Waals surface area contributed by atoms with Gasteiger partial charge in [0, 0.05) is 12.6 Å². The van der Waals surface area contributed by atoms with E-state index in [1.165, 1.54) is 19.3 Å². The van der Waals surface area contributed by atoms with E-state index in [1.807, 2.05) is 31.2 Å². The van der Waals surface area contributed by atoms with Crippen LogP contribution >= 0.6 is 0 Å². The molecule has 0 aromatic heterocycles. The number of hydrogen-bond acceptors (Lipinski definition) is 3. The SMILES string of the molecule is C[C@@H]1CC[C@@H]2[C@H](CCCN2C(=O)[C@@H]2Oc3ccccc3O[C@H]2C)C1. The third kappa shape index (κ3) is 2.76. The molecule has 130 valence electrons. The Morgan fingerprint density at radius 2 is 1.83 bits per heavy atom.